The number of hydrogen-bond acceptors (Lipinski definition) is 4. The van der Waals surface area contributed by atoms with Gasteiger partial charge in [-0.2, -0.15) is 11.8 Å². The van der Waals surface area contributed by atoms with Crippen LogP contribution in [0.2, 0.25) is 0 Å². The predicted octanol–water partition coefficient (Wildman–Crippen LogP) is 1.49. The van der Waals surface area contributed by atoms with Crippen molar-refractivity contribution in [3.8, 4) is 5.75 Å². The molecular formula is C11H14O4S. The van der Waals surface area contributed by atoms with Gasteiger partial charge in [0.25, 0.3) is 0 Å². The molecule has 88 valence electrons. The molecule has 4 nitrogen and oxygen atoms in total. The van der Waals surface area contributed by atoms with Gasteiger partial charge in [-0.15, -0.1) is 0 Å². The molecule has 0 amide bonds. The smallest absolute Gasteiger partial charge is 0.335 e. The molecule has 16 heavy (non-hydrogen) atoms. The number of hydrogen-bond donors (Lipinski definition) is 2. The van der Waals surface area contributed by atoms with Gasteiger partial charge in [0.2, 0.25) is 0 Å². The third-order valence-corrected chi connectivity index (χ3v) is 2.74. The van der Waals surface area contributed by atoms with Gasteiger partial charge in [-0.25, -0.2) is 4.79 Å². The highest BCUT2D eigenvalue weighted by Crippen LogP contribution is 2.13. The van der Waals surface area contributed by atoms with E-state index in [1.54, 1.807) is 23.9 Å². The van der Waals surface area contributed by atoms with Crippen molar-refractivity contribution in [2.45, 2.75) is 0 Å². The quantitative estimate of drug-likeness (QED) is 0.709. The monoisotopic (exact) mass is 242 g/mol. The molecule has 0 heterocycles. The lowest BCUT2D eigenvalue weighted by Gasteiger charge is -2.06. The van der Waals surface area contributed by atoms with Crippen molar-refractivity contribution >= 4 is 17.7 Å². The molecule has 0 aliphatic carbocycles. The van der Waals surface area contributed by atoms with E-state index in [-0.39, 0.29) is 12.2 Å². The zero-order valence-electron chi connectivity index (χ0n) is 8.76. The molecule has 5 heteroatoms. The van der Waals surface area contributed by atoms with E-state index in [1.807, 2.05) is 0 Å². The maximum Gasteiger partial charge on any atom is 0.335 e. The van der Waals surface area contributed by atoms with Crippen LogP contribution in [0, 0.1) is 0 Å². The summed E-state index contributed by atoms with van der Waals surface area (Å²) in [5.41, 5.74) is 0.223. The first-order valence-electron chi connectivity index (χ1n) is 4.89. The summed E-state index contributed by atoms with van der Waals surface area (Å²) in [6.45, 7) is 0.674. The largest absolute Gasteiger partial charge is 0.493 e. The Bertz CT molecular complexity index is 341. The summed E-state index contributed by atoms with van der Waals surface area (Å²) in [5, 5.41) is 17.3. The lowest BCUT2D eigenvalue weighted by atomic mass is 10.2. The van der Waals surface area contributed by atoms with Gasteiger partial charge in [-0.1, -0.05) is 6.07 Å². The lowest BCUT2D eigenvalue weighted by molar-refractivity contribution is 0.0696. The minimum atomic E-state index is -0.958. The SMILES string of the molecule is O=C(O)c1cccc(OCCSCCO)c1. The second-order valence-corrected chi connectivity index (χ2v) is 4.24. The van der Waals surface area contributed by atoms with Crippen molar-refractivity contribution in [3.05, 3.63) is 29.8 Å². The maximum absolute atomic E-state index is 10.7. The van der Waals surface area contributed by atoms with Gasteiger partial charge in [-0.3, -0.25) is 0 Å². The molecule has 0 bridgehead atoms. The number of aliphatic hydroxyl groups is 1. The predicted molar refractivity (Wildman–Crippen MR) is 63.3 cm³/mol. The Morgan fingerprint density at radius 2 is 2.19 bits per heavy atom. The van der Waals surface area contributed by atoms with Gasteiger partial charge < -0.3 is 14.9 Å². The molecule has 0 aromatic heterocycles. The average molecular weight is 242 g/mol. The molecule has 0 spiro atoms. The third kappa shape index (κ3) is 4.55. The molecule has 1 aromatic rings. The van der Waals surface area contributed by atoms with Gasteiger partial charge in [0, 0.05) is 11.5 Å². The van der Waals surface area contributed by atoms with E-state index in [9.17, 15) is 4.79 Å². The molecule has 1 rings (SSSR count). The number of ether oxygens (including phenoxy) is 1. The molecule has 0 saturated carbocycles. The maximum atomic E-state index is 10.7. The summed E-state index contributed by atoms with van der Waals surface area (Å²) in [7, 11) is 0. The van der Waals surface area contributed by atoms with Crippen molar-refractivity contribution in [3.63, 3.8) is 0 Å². The van der Waals surface area contributed by atoms with Crippen LogP contribution < -0.4 is 4.74 Å². The van der Waals surface area contributed by atoms with Gasteiger partial charge >= 0.3 is 5.97 Å². The number of aliphatic hydroxyl groups excluding tert-OH is 1. The fourth-order valence-corrected chi connectivity index (χ4v) is 1.64. The van der Waals surface area contributed by atoms with Crippen molar-refractivity contribution in [2.75, 3.05) is 24.7 Å². The first kappa shape index (κ1) is 12.9. The van der Waals surface area contributed by atoms with Gasteiger partial charge in [-0.05, 0) is 18.2 Å². The minimum Gasteiger partial charge on any atom is -0.493 e. The molecule has 0 radical (unpaired) electrons. The molecule has 0 aliphatic rings. The summed E-state index contributed by atoms with van der Waals surface area (Å²) in [6, 6.07) is 6.40. The Kier molecular flexibility index (Phi) is 5.74. The highest BCUT2D eigenvalue weighted by Gasteiger charge is 2.03. The van der Waals surface area contributed by atoms with E-state index < -0.39 is 5.97 Å². The number of rotatable bonds is 7. The lowest BCUT2D eigenvalue weighted by Crippen LogP contribution is -2.03. The second-order valence-electron chi connectivity index (χ2n) is 3.02. The Labute approximate surface area is 98.2 Å². The number of aromatic carboxylic acids is 1. The van der Waals surface area contributed by atoms with Crippen LogP contribution in [0.3, 0.4) is 0 Å². The molecule has 0 unspecified atom stereocenters. The number of carboxylic acid groups (broad SMARTS) is 1. The number of benzene rings is 1. The Balaban J connectivity index is 2.36. The van der Waals surface area contributed by atoms with Crippen molar-refractivity contribution in [1.82, 2.24) is 0 Å². The number of carbonyl (C=O) groups is 1. The first-order valence-corrected chi connectivity index (χ1v) is 6.04. The summed E-state index contributed by atoms with van der Waals surface area (Å²) < 4.78 is 5.38. The van der Waals surface area contributed by atoms with Crippen LogP contribution in [0.4, 0.5) is 0 Å². The molecule has 0 aliphatic heterocycles. The molecule has 2 N–H and O–H groups in total. The average Bonchev–Trinajstić information content (AvgIpc) is 2.29. The fourth-order valence-electron chi connectivity index (χ4n) is 1.10. The van der Waals surface area contributed by atoms with E-state index in [4.69, 9.17) is 14.9 Å². The van der Waals surface area contributed by atoms with Crippen LogP contribution in [0.1, 0.15) is 10.4 Å². The number of carboxylic acids is 1. The van der Waals surface area contributed by atoms with E-state index in [0.717, 1.165) is 5.75 Å². The Hall–Kier alpha value is -1.20. The second kappa shape index (κ2) is 7.14. The van der Waals surface area contributed by atoms with Crippen LogP contribution in [0.25, 0.3) is 0 Å². The zero-order chi connectivity index (χ0) is 11.8. The Morgan fingerprint density at radius 3 is 2.88 bits per heavy atom. The molecular weight excluding hydrogens is 228 g/mol. The topological polar surface area (TPSA) is 66.8 Å². The summed E-state index contributed by atoms with van der Waals surface area (Å²) >= 11 is 1.59. The highest BCUT2D eigenvalue weighted by atomic mass is 32.2. The summed E-state index contributed by atoms with van der Waals surface area (Å²) in [4.78, 5) is 10.7. The van der Waals surface area contributed by atoms with Crippen LogP contribution in [-0.2, 0) is 0 Å². The van der Waals surface area contributed by atoms with Crippen LogP contribution in [-0.4, -0.2) is 40.9 Å². The van der Waals surface area contributed by atoms with E-state index in [2.05, 4.69) is 0 Å². The summed E-state index contributed by atoms with van der Waals surface area (Å²) in [5.74, 6) is 1.07. The van der Waals surface area contributed by atoms with Gasteiger partial charge in [0.15, 0.2) is 0 Å². The van der Waals surface area contributed by atoms with E-state index in [0.29, 0.717) is 18.1 Å². The van der Waals surface area contributed by atoms with Crippen LogP contribution >= 0.6 is 11.8 Å². The first-order chi connectivity index (χ1) is 7.74. The van der Waals surface area contributed by atoms with Crippen molar-refractivity contribution < 1.29 is 19.7 Å². The number of thioether (sulfide) groups is 1. The standard InChI is InChI=1S/C11H14O4S/c12-4-6-16-7-5-15-10-3-1-2-9(8-10)11(13)14/h1-3,8,12H,4-7H2,(H,13,14). The summed E-state index contributed by atoms with van der Waals surface area (Å²) in [6.07, 6.45) is 0. The fraction of sp³-hybridized carbons (Fsp3) is 0.364. The van der Waals surface area contributed by atoms with Gasteiger partial charge in [0.05, 0.1) is 18.8 Å². The molecule has 0 saturated heterocycles. The third-order valence-electron chi connectivity index (χ3n) is 1.81. The van der Waals surface area contributed by atoms with Crippen LogP contribution in [0.5, 0.6) is 5.75 Å². The molecule has 1 aromatic carbocycles. The van der Waals surface area contributed by atoms with Crippen LogP contribution in [0.15, 0.2) is 24.3 Å². The van der Waals surface area contributed by atoms with Crippen molar-refractivity contribution in [1.29, 1.82) is 0 Å². The van der Waals surface area contributed by atoms with E-state index in [1.165, 1.54) is 12.1 Å². The van der Waals surface area contributed by atoms with Gasteiger partial charge in [0.1, 0.15) is 5.75 Å². The van der Waals surface area contributed by atoms with E-state index >= 15 is 0 Å². The minimum absolute atomic E-state index is 0.166. The Morgan fingerprint density at radius 1 is 1.38 bits per heavy atom. The van der Waals surface area contributed by atoms with Crippen molar-refractivity contribution in [2.24, 2.45) is 0 Å². The highest BCUT2D eigenvalue weighted by molar-refractivity contribution is 7.99. The molecule has 0 atom stereocenters. The zero-order valence-corrected chi connectivity index (χ0v) is 9.57. The normalized spacial score (nSPS) is 10.1. The molecule has 0 fully saturated rings.